The maximum atomic E-state index is 5.32. The van der Waals surface area contributed by atoms with Gasteiger partial charge in [0, 0.05) is 0 Å². The lowest BCUT2D eigenvalue weighted by Gasteiger charge is -1.98. The Bertz CT molecular complexity index is 251. The van der Waals surface area contributed by atoms with Gasteiger partial charge < -0.3 is 4.74 Å². The highest BCUT2D eigenvalue weighted by Gasteiger charge is 1.85. The Morgan fingerprint density at radius 3 is 2.71 bits per heavy atom. The lowest BCUT2D eigenvalue weighted by atomic mass is 10.2. The van der Waals surface area contributed by atoms with Crippen LogP contribution in [0.1, 0.15) is 25.3 Å². The Labute approximate surface area is 86.4 Å². The molecule has 14 heavy (non-hydrogen) atoms. The highest BCUT2D eigenvalue weighted by Crippen LogP contribution is 2.00. The average molecular weight is 190 g/mol. The Morgan fingerprint density at radius 2 is 2.00 bits per heavy atom. The van der Waals surface area contributed by atoms with Crippen LogP contribution in [-0.2, 0) is 11.2 Å². The van der Waals surface area contributed by atoms with Gasteiger partial charge >= 0.3 is 0 Å². The zero-order valence-electron chi connectivity index (χ0n) is 8.78. The van der Waals surface area contributed by atoms with Gasteiger partial charge in [-0.2, -0.15) is 0 Å². The Hall–Kier alpha value is -1.24. The summed E-state index contributed by atoms with van der Waals surface area (Å²) in [6.07, 6.45) is 7.14. The lowest BCUT2D eigenvalue weighted by molar-refractivity contribution is 0.243. The second-order valence-electron chi connectivity index (χ2n) is 3.29. The maximum Gasteiger partial charge on any atom is 0.0873 e. The molecule has 1 aromatic rings. The molecule has 0 saturated heterocycles. The molecule has 1 aromatic carbocycles. The highest BCUT2D eigenvalue weighted by atomic mass is 16.5. The first-order valence-corrected chi connectivity index (χ1v) is 5.24. The van der Waals surface area contributed by atoms with E-state index in [0.29, 0.717) is 0 Å². The van der Waals surface area contributed by atoms with E-state index in [2.05, 4.69) is 37.3 Å². The summed E-state index contributed by atoms with van der Waals surface area (Å²) in [5, 5.41) is 0. The van der Waals surface area contributed by atoms with Crippen molar-refractivity contribution in [3.8, 4) is 0 Å². The molecule has 0 atom stereocenters. The van der Waals surface area contributed by atoms with Crippen molar-refractivity contribution < 1.29 is 4.74 Å². The summed E-state index contributed by atoms with van der Waals surface area (Å²) in [5.74, 6) is 0. The van der Waals surface area contributed by atoms with E-state index >= 15 is 0 Å². The Balaban J connectivity index is 2.14. The predicted octanol–water partition coefficient (Wildman–Crippen LogP) is 3.56. The first-order chi connectivity index (χ1) is 6.93. The molecule has 0 heterocycles. The predicted molar refractivity (Wildman–Crippen MR) is 60.1 cm³/mol. The monoisotopic (exact) mass is 190 g/mol. The van der Waals surface area contributed by atoms with Gasteiger partial charge in [0.1, 0.15) is 0 Å². The third kappa shape index (κ3) is 4.70. The number of hydrogen-bond donors (Lipinski definition) is 0. The third-order valence-corrected chi connectivity index (χ3v) is 2.00. The topological polar surface area (TPSA) is 9.23 Å². The number of hydrogen-bond acceptors (Lipinski definition) is 1. The van der Waals surface area contributed by atoms with E-state index in [1.165, 1.54) is 12.0 Å². The van der Waals surface area contributed by atoms with Crippen LogP contribution in [0.2, 0.25) is 0 Å². The molecular formula is C13H18O. The molecule has 0 aliphatic rings. The second kappa shape index (κ2) is 7.19. The summed E-state index contributed by atoms with van der Waals surface area (Å²) >= 11 is 0. The van der Waals surface area contributed by atoms with Crippen LogP contribution < -0.4 is 0 Å². The molecule has 1 rings (SSSR count). The molecule has 0 N–H and O–H groups in total. The van der Waals surface area contributed by atoms with Crippen LogP contribution in [0, 0.1) is 0 Å². The lowest BCUT2D eigenvalue weighted by Crippen LogP contribution is -1.86. The van der Waals surface area contributed by atoms with Crippen molar-refractivity contribution in [2.24, 2.45) is 0 Å². The van der Waals surface area contributed by atoms with Gasteiger partial charge in [-0.1, -0.05) is 43.7 Å². The molecular weight excluding hydrogens is 172 g/mol. The van der Waals surface area contributed by atoms with Gasteiger partial charge in [-0.3, -0.25) is 0 Å². The molecule has 0 aliphatic carbocycles. The zero-order chi connectivity index (χ0) is 10.1. The van der Waals surface area contributed by atoms with E-state index in [4.69, 9.17) is 4.74 Å². The Kier molecular flexibility index (Phi) is 5.57. The van der Waals surface area contributed by atoms with Gasteiger partial charge in [0.15, 0.2) is 0 Å². The number of rotatable bonds is 6. The number of allylic oxidation sites excluding steroid dienone is 1. The summed E-state index contributed by atoms with van der Waals surface area (Å²) < 4.78 is 5.32. The first-order valence-electron chi connectivity index (χ1n) is 5.24. The highest BCUT2D eigenvalue weighted by molar-refractivity contribution is 5.16. The molecule has 0 radical (unpaired) electrons. The van der Waals surface area contributed by atoms with Crippen molar-refractivity contribution in [3.63, 3.8) is 0 Å². The SMILES string of the molecule is CCCCO/C=C\Cc1ccccc1. The summed E-state index contributed by atoms with van der Waals surface area (Å²) in [5.41, 5.74) is 1.32. The van der Waals surface area contributed by atoms with Crippen LogP contribution in [0.15, 0.2) is 42.7 Å². The van der Waals surface area contributed by atoms with Crippen molar-refractivity contribution >= 4 is 0 Å². The molecule has 0 spiro atoms. The van der Waals surface area contributed by atoms with Crippen molar-refractivity contribution in [3.05, 3.63) is 48.2 Å². The van der Waals surface area contributed by atoms with E-state index in [9.17, 15) is 0 Å². The van der Waals surface area contributed by atoms with Crippen LogP contribution >= 0.6 is 0 Å². The van der Waals surface area contributed by atoms with Crippen molar-refractivity contribution in [1.29, 1.82) is 0 Å². The molecule has 0 unspecified atom stereocenters. The van der Waals surface area contributed by atoms with Crippen LogP contribution in [0.5, 0.6) is 0 Å². The van der Waals surface area contributed by atoms with Crippen molar-refractivity contribution in [2.75, 3.05) is 6.61 Å². The fourth-order valence-corrected chi connectivity index (χ4v) is 1.16. The maximum absolute atomic E-state index is 5.32. The number of ether oxygens (including phenoxy) is 1. The Morgan fingerprint density at radius 1 is 1.21 bits per heavy atom. The molecule has 1 heteroatoms. The van der Waals surface area contributed by atoms with Crippen LogP contribution in [0.25, 0.3) is 0 Å². The number of unbranched alkanes of at least 4 members (excludes halogenated alkanes) is 1. The van der Waals surface area contributed by atoms with E-state index in [-0.39, 0.29) is 0 Å². The fraction of sp³-hybridized carbons (Fsp3) is 0.385. The van der Waals surface area contributed by atoms with Gasteiger partial charge in [0.2, 0.25) is 0 Å². The van der Waals surface area contributed by atoms with Crippen LogP contribution in [0.4, 0.5) is 0 Å². The molecule has 76 valence electrons. The van der Waals surface area contributed by atoms with E-state index in [0.717, 1.165) is 19.4 Å². The quantitative estimate of drug-likeness (QED) is 0.492. The van der Waals surface area contributed by atoms with Crippen molar-refractivity contribution in [1.82, 2.24) is 0 Å². The normalized spacial score (nSPS) is 10.6. The van der Waals surface area contributed by atoms with Crippen LogP contribution in [0.3, 0.4) is 0 Å². The fourth-order valence-electron chi connectivity index (χ4n) is 1.16. The summed E-state index contributed by atoms with van der Waals surface area (Å²) in [7, 11) is 0. The molecule has 0 amide bonds. The minimum Gasteiger partial charge on any atom is -0.502 e. The van der Waals surface area contributed by atoms with E-state index < -0.39 is 0 Å². The minimum absolute atomic E-state index is 0.835. The molecule has 0 aliphatic heterocycles. The van der Waals surface area contributed by atoms with Crippen LogP contribution in [-0.4, -0.2) is 6.61 Å². The van der Waals surface area contributed by atoms with Crippen molar-refractivity contribution in [2.45, 2.75) is 26.2 Å². The summed E-state index contributed by atoms with van der Waals surface area (Å²) in [4.78, 5) is 0. The summed E-state index contributed by atoms with van der Waals surface area (Å²) in [6, 6.07) is 10.4. The number of benzene rings is 1. The second-order valence-corrected chi connectivity index (χ2v) is 3.29. The van der Waals surface area contributed by atoms with E-state index in [1.54, 1.807) is 0 Å². The minimum atomic E-state index is 0.835. The standard InChI is InChI=1S/C13H18O/c1-2-3-11-14-12-7-10-13-8-5-4-6-9-13/h4-9,12H,2-3,10-11H2,1H3/b12-7-. The molecule has 0 saturated carbocycles. The van der Waals surface area contributed by atoms with Gasteiger partial charge in [-0.15, -0.1) is 0 Å². The zero-order valence-corrected chi connectivity index (χ0v) is 8.78. The largest absolute Gasteiger partial charge is 0.502 e. The summed E-state index contributed by atoms with van der Waals surface area (Å²) in [6.45, 7) is 3.00. The molecule has 1 nitrogen and oxygen atoms in total. The average Bonchev–Trinajstić information content (AvgIpc) is 2.25. The van der Waals surface area contributed by atoms with Gasteiger partial charge in [-0.25, -0.2) is 0 Å². The van der Waals surface area contributed by atoms with Gasteiger partial charge in [-0.05, 0) is 24.5 Å². The molecule has 0 aromatic heterocycles. The van der Waals surface area contributed by atoms with E-state index in [1.807, 2.05) is 12.3 Å². The smallest absolute Gasteiger partial charge is 0.0873 e. The van der Waals surface area contributed by atoms with Gasteiger partial charge in [0.05, 0.1) is 12.9 Å². The molecule has 0 bridgehead atoms. The first kappa shape index (κ1) is 10.8. The van der Waals surface area contributed by atoms with Gasteiger partial charge in [0.25, 0.3) is 0 Å². The molecule has 0 fully saturated rings. The third-order valence-electron chi connectivity index (χ3n) is 2.00.